The van der Waals surface area contributed by atoms with Crippen LogP contribution in [0.15, 0.2) is 66.0 Å². The predicted octanol–water partition coefficient (Wildman–Crippen LogP) is 1.59. The molecule has 0 aliphatic carbocycles. The fourth-order valence-electron chi connectivity index (χ4n) is 4.52. The monoisotopic (exact) mass is 472 g/mol. The highest BCUT2D eigenvalue weighted by Gasteiger charge is 2.22. The van der Waals surface area contributed by atoms with Crippen LogP contribution in [0.2, 0.25) is 0 Å². The maximum Gasteiger partial charge on any atom is 0.273 e. The number of benzene rings is 1. The summed E-state index contributed by atoms with van der Waals surface area (Å²) < 4.78 is 3.22. The van der Waals surface area contributed by atoms with Crippen LogP contribution in [0.4, 0.5) is 0 Å². The Morgan fingerprint density at radius 3 is 2.80 bits per heavy atom. The number of rotatable bonds is 6. The van der Waals surface area contributed by atoms with Crippen molar-refractivity contribution in [2.45, 2.75) is 19.1 Å². The van der Waals surface area contributed by atoms with E-state index in [9.17, 15) is 14.7 Å². The van der Waals surface area contributed by atoms with Crippen LogP contribution in [0, 0.1) is 0 Å². The molecule has 9 heteroatoms. The molecule has 9 nitrogen and oxygen atoms in total. The van der Waals surface area contributed by atoms with Crippen molar-refractivity contribution in [3.63, 3.8) is 0 Å². The second-order valence-corrected chi connectivity index (χ2v) is 9.12. The summed E-state index contributed by atoms with van der Waals surface area (Å²) in [6, 6.07) is 11.7. The van der Waals surface area contributed by atoms with Crippen LogP contribution >= 0.6 is 0 Å². The maximum atomic E-state index is 13.0. The number of nitrogens with zero attached hydrogens (tertiary/aromatic N) is 6. The number of hydrogen-bond acceptors (Lipinski definition) is 6. The first-order chi connectivity index (χ1) is 16.9. The molecule has 180 valence electrons. The highest BCUT2D eigenvalue weighted by atomic mass is 16.3. The van der Waals surface area contributed by atoms with Gasteiger partial charge in [-0.1, -0.05) is 24.3 Å². The first-order valence-corrected chi connectivity index (χ1v) is 11.6. The number of aryl methyl sites for hydroxylation is 1. The topological polar surface area (TPSA) is 96.0 Å². The third-order valence-electron chi connectivity index (χ3n) is 6.47. The standard InChI is InChI=1S/C26H28N6O3/c1-29-9-7-19(11-25(29)34)22-16-32-17-23(28-24(32)12-27-22)26(35)30(2)14-21(33)15-31-10-8-18-5-3-4-6-20(18)13-31/h3-7,9,11-12,16-17,21,33H,8,10,13-15H2,1-2H3/t21-/m0/s1. The van der Waals surface area contributed by atoms with Crippen LogP contribution < -0.4 is 5.56 Å². The molecule has 1 aromatic carbocycles. The van der Waals surface area contributed by atoms with Crippen LogP contribution in [0.1, 0.15) is 21.6 Å². The van der Waals surface area contributed by atoms with Gasteiger partial charge in [0.25, 0.3) is 11.5 Å². The average molecular weight is 473 g/mol. The van der Waals surface area contributed by atoms with Gasteiger partial charge in [-0.05, 0) is 23.6 Å². The fourth-order valence-corrected chi connectivity index (χ4v) is 4.52. The Hall–Kier alpha value is -3.82. The van der Waals surface area contributed by atoms with Crippen molar-refractivity contribution in [2.24, 2.45) is 7.05 Å². The Morgan fingerprint density at radius 1 is 1.20 bits per heavy atom. The minimum Gasteiger partial charge on any atom is -0.390 e. The number of aromatic nitrogens is 4. The van der Waals surface area contributed by atoms with E-state index in [0.717, 1.165) is 19.5 Å². The summed E-state index contributed by atoms with van der Waals surface area (Å²) in [5.41, 5.74) is 4.64. The highest BCUT2D eigenvalue weighted by molar-refractivity contribution is 5.92. The molecule has 0 bridgehead atoms. The number of aliphatic hydroxyl groups is 1. The highest BCUT2D eigenvalue weighted by Crippen LogP contribution is 2.19. The van der Waals surface area contributed by atoms with Crippen molar-refractivity contribution >= 4 is 11.6 Å². The number of carbonyl (C=O) groups is 1. The molecular weight excluding hydrogens is 444 g/mol. The number of carbonyl (C=O) groups excluding carboxylic acids is 1. The van der Waals surface area contributed by atoms with E-state index in [0.29, 0.717) is 23.4 Å². The van der Waals surface area contributed by atoms with Crippen molar-refractivity contribution < 1.29 is 9.90 Å². The number of pyridine rings is 1. The lowest BCUT2D eigenvalue weighted by atomic mass is 10.00. The van der Waals surface area contributed by atoms with Gasteiger partial charge in [-0.2, -0.15) is 0 Å². The first kappa shape index (κ1) is 22.9. The van der Waals surface area contributed by atoms with E-state index in [-0.39, 0.29) is 23.7 Å². The summed E-state index contributed by atoms with van der Waals surface area (Å²) in [7, 11) is 3.36. The second kappa shape index (κ2) is 9.44. The number of imidazole rings is 1. The molecule has 0 radical (unpaired) electrons. The average Bonchev–Trinajstić information content (AvgIpc) is 3.28. The molecule has 0 saturated heterocycles. The molecule has 1 atom stereocenters. The number of likely N-dealkylation sites (N-methyl/N-ethyl adjacent to an activating group) is 1. The molecule has 35 heavy (non-hydrogen) atoms. The zero-order valence-corrected chi connectivity index (χ0v) is 19.8. The summed E-state index contributed by atoms with van der Waals surface area (Å²) in [6.45, 7) is 2.41. The van der Waals surface area contributed by atoms with E-state index >= 15 is 0 Å². The smallest absolute Gasteiger partial charge is 0.273 e. The van der Waals surface area contributed by atoms with Gasteiger partial charge < -0.3 is 19.0 Å². The minimum atomic E-state index is -0.666. The van der Waals surface area contributed by atoms with Crippen LogP contribution in [0.5, 0.6) is 0 Å². The molecule has 4 aromatic rings. The lowest BCUT2D eigenvalue weighted by Gasteiger charge is -2.31. The van der Waals surface area contributed by atoms with Crippen LogP contribution in [-0.4, -0.2) is 72.5 Å². The molecule has 0 unspecified atom stereocenters. The molecule has 0 spiro atoms. The number of β-amino-alcohol motifs (C(OH)–C–C–N with tert-alkyl or cyclic N) is 1. The largest absolute Gasteiger partial charge is 0.390 e. The summed E-state index contributed by atoms with van der Waals surface area (Å²) in [5.74, 6) is -0.271. The van der Waals surface area contributed by atoms with Gasteiger partial charge in [0.15, 0.2) is 5.65 Å². The minimum absolute atomic E-state index is 0.125. The first-order valence-electron chi connectivity index (χ1n) is 11.6. The van der Waals surface area contributed by atoms with Crippen molar-refractivity contribution in [1.82, 2.24) is 28.7 Å². The van der Waals surface area contributed by atoms with E-state index in [1.807, 2.05) is 12.1 Å². The van der Waals surface area contributed by atoms with Crippen LogP contribution in [0.25, 0.3) is 16.9 Å². The zero-order chi connectivity index (χ0) is 24.5. The van der Waals surface area contributed by atoms with Gasteiger partial charge in [-0.25, -0.2) is 4.98 Å². The van der Waals surface area contributed by atoms with Crippen molar-refractivity contribution in [3.8, 4) is 11.3 Å². The van der Waals surface area contributed by atoms with E-state index in [1.54, 1.807) is 43.3 Å². The number of aliphatic hydroxyl groups excluding tert-OH is 1. The van der Waals surface area contributed by atoms with E-state index in [4.69, 9.17) is 0 Å². The Bertz CT molecular complexity index is 1440. The predicted molar refractivity (Wildman–Crippen MR) is 132 cm³/mol. The van der Waals surface area contributed by atoms with Crippen LogP contribution in [-0.2, 0) is 20.0 Å². The van der Waals surface area contributed by atoms with Gasteiger partial charge in [-0.15, -0.1) is 0 Å². The number of fused-ring (bicyclic) bond motifs is 2. The third-order valence-corrected chi connectivity index (χ3v) is 6.47. The van der Waals surface area contributed by atoms with Gasteiger partial charge in [0, 0.05) is 70.5 Å². The van der Waals surface area contributed by atoms with Crippen molar-refractivity contribution in [2.75, 3.05) is 26.7 Å². The SMILES string of the molecule is CN(C[C@H](O)CN1CCc2ccccc2C1)C(=O)c1cn2cc(-c3ccn(C)c(=O)c3)ncc2n1. The second-order valence-electron chi connectivity index (χ2n) is 9.12. The van der Waals surface area contributed by atoms with Gasteiger partial charge in [0.05, 0.1) is 18.0 Å². The quantitative estimate of drug-likeness (QED) is 0.458. The molecule has 5 rings (SSSR count). The lowest BCUT2D eigenvalue weighted by molar-refractivity contribution is 0.0565. The number of hydrogen-bond donors (Lipinski definition) is 1. The molecule has 4 heterocycles. The molecule has 0 saturated carbocycles. The normalized spacial score (nSPS) is 14.6. The summed E-state index contributed by atoms with van der Waals surface area (Å²) in [4.78, 5) is 37.5. The Labute approximate surface area is 202 Å². The molecular formula is C26H28N6O3. The van der Waals surface area contributed by atoms with Gasteiger partial charge in [-0.3, -0.25) is 19.5 Å². The molecule has 1 N–H and O–H groups in total. The molecule has 1 aliphatic heterocycles. The Balaban J connectivity index is 1.24. The lowest BCUT2D eigenvalue weighted by Crippen LogP contribution is -2.42. The summed E-state index contributed by atoms with van der Waals surface area (Å²) in [6.07, 6.45) is 6.96. The van der Waals surface area contributed by atoms with Gasteiger partial charge >= 0.3 is 0 Å². The Kier molecular flexibility index (Phi) is 6.19. The molecule has 3 aromatic heterocycles. The summed E-state index contributed by atoms with van der Waals surface area (Å²) >= 11 is 0. The fraction of sp³-hybridized carbons (Fsp3) is 0.308. The van der Waals surface area contributed by atoms with E-state index in [1.165, 1.54) is 26.7 Å². The van der Waals surface area contributed by atoms with Gasteiger partial charge in [0.2, 0.25) is 0 Å². The third kappa shape index (κ3) is 4.87. The van der Waals surface area contributed by atoms with Crippen LogP contribution in [0.3, 0.4) is 0 Å². The molecule has 1 aliphatic rings. The van der Waals surface area contributed by atoms with E-state index in [2.05, 4.69) is 33.1 Å². The van der Waals surface area contributed by atoms with Crippen molar-refractivity contribution in [3.05, 3.63) is 88.4 Å². The summed E-state index contributed by atoms with van der Waals surface area (Å²) in [5, 5.41) is 10.7. The van der Waals surface area contributed by atoms with Gasteiger partial charge in [0.1, 0.15) is 5.69 Å². The zero-order valence-electron chi connectivity index (χ0n) is 19.8. The van der Waals surface area contributed by atoms with E-state index < -0.39 is 6.10 Å². The number of amides is 1. The Morgan fingerprint density at radius 2 is 2.00 bits per heavy atom. The van der Waals surface area contributed by atoms with Crippen molar-refractivity contribution in [1.29, 1.82) is 0 Å². The molecule has 1 amide bonds. The maximum absolute atomic E-state index is 13.0. The molecule has 0 fully saturated rings.